The monoisotopic (exact) mass is 613 g/mol. The Bertz CT molecular complexity index is 952. The first-order valence-corrected chi connectivity index (χ1v) is 18.7. The average molecular weight is 614 g/mol. The molecule has 0 saturated heterocycles. The van der Waals surface area contributed by atoms with Gasteiger partial charge in [-0.1, -0.05) is 20.8 Å². The van der Waals surface area contributed by atoms with Gasteiger partial charge in [-0.15, -0.1) is 0 Å². The van der Waals surface area contributed by atoms with E-state index in [1.807, 2.05) is 0 Å². The van der Waals surface area contributed by atoms with E-state index in [-0.39, 0.29) is 0 Å². The number of hydrogen-bond acceptors (Lipinski definition) is 7. The van der Waals surface area contributed by atoms with E-state index in [4.69, 9.17) is 10.3 Å². The molecule has 6 N–H and O–H groups in total. The predicted octanol–water partition coefficient (Wildman–Crippen LogP) is 5.31. The van der Waals surface area contributed by atoms with Gasteiger partial charge in [0.2, 0.25) is 0 Å². The minimum Gasteiger partial charge on any atom is -0.390 e. The first-order chi connectivity index (χ1) is 19.9. The highest BCUT2D eigenvalue weighted by Gasteiger charge is 2.60. The Morgan fingerprint density at radius 2 is 1.62 bits per heavy atom. The Morgan fingerprint density at radius 1 is 0.905 bits per heavy atom. The van der Waals surface area contributed by atoms with Crippen LogP contribution in [0.2, 0.25) is 0 Å². The van der Waals surface area contributed by atoms with Crippen molar-refractivity contribution in [1.82, 2.24) is 10.6 Å². The standard InChI is InChI=1S/C33H63N3O5S/c1-23(8-13-31(37)24(2)41-42(38,39)40)28-11-12-29-27-10-9-25-22-26(36-21-7-20-35-19-6-5-18-34)14-16-32(25,3)30(27)15-17-33(28,29)4/h23-31,35-37H,5-22,34H2,1-4H3,(H,38,39,40)/t23?,24?,25-,26?,27?,28?,29?,30?,31?,32?,33?/m0/s1. The minimum absolute atomic E-state index is 0.363. The largest absolute Gasteiger partial charge is 0.397 e. The van der Waals surface area contributed by atoms with Gasteiger partial charge in [-0.25, -0.2) is 4.18 Å². The molecule has 10 unspecified atom stereocenters. The number of aliphatic hydroxyl groups excluding tert-OH is 1. The maximum Gasteiger partial charge on any atom is 0.397 e. The molecule has 4 aliphatic carbocycles. The summed E-state index contributed by atoms with van der Waals surface area (Å²) < 4.78 is 35.6. The molecule has 0 aromatic rings. The fourth-order valence-electron chi connectivity index (χ4n) is 10.6. The van der Waals surface area contributed by atoms with Crippen molar-refractivity contribution in [3.05, 3.63) is 0 Å². The molecule has 0 spiro atoms. The number of nitrogens with two attached hydrogens (primary N) is 1. The molecule has 0 aromatic heterocycles. The number of unbranched alkanes of at least 4 members (excludes halogenated alkanes) is 1. The Kier molecular flexibility index (Phi) is 12.2. The first-order valence-electron chi connectivity index (χ1n) is 17.4. The second-order valence-corrected chi connectivity index (χ2v) is 16.3. The average Bonchev–Trinajstić information content (AvgIpc) is 3.29. The van der Waals surface area contributed by atoms with Gasteiger partial charge in [0.25, 0.3) is 0 Å². The fourth-order valence-corrected chi connectivity index (χ4v) is 11.1. The quantitative estimate of drug-likeness (QED) is 0.117. The second kappa shape index (κ2) is 14.9. The lowest BCUT2D eigenvalue weighted by molar-refractivity contribution is -0.118. The predicted molar refractivity (Wildman–Crippen MR) is 169 cm³/mol. The zero-order valence-electron chi connectivity index (χ0n) is 27.0. The number of aliphatic hydroxyl groups is 1. The summed E-state index contributed by atoms with van der Waals surface area (Å²) in [6.07, 6.45) is 15.1. The highest BCUT2D eigenvalue weighted by Crippen LogP contribution is 2.68. The van der Waals surface area contributed by atoms with Crippen LogP contribution >= 0.6 is 0 Å². The molecular weight excluding hydrogens is 550 g/mol. The van der Waals surface area contributed by atoms with Gasteiger partial charge in [-0.05, 0) is 169 Å². The Labute approximate surface area is 257 Å². The van der Waals surface area contributed by atoms with Crippen molar-refractivity contribution in [1.29, 1.82) is 0 Å². The van der Waals surface area contributed by atoms with Crippen molar-refractivity contribution in [2.45, 2.75) is 136 Å². The summed E-state index contributed by atoms with van der Waals surface area (Å²) in [6, 6.07) is 0.684. The molecule has 4 saturated carbocycles. The molecule has 9 heteroatoms. The molecule has 0 heterocycles. The van der Waals surface area contributed by atoms with Crippen LogP contribution in [0.3, 0.4) is 0 Å². The first kappa shape index (κ1) is 34.6. The van der Waals surface area contributed by atoms with Crippen molar-refractivity contribution in [3.8, 4) is 0 Å². The lowest BCUT2D eigenvalue weighted by Gasteiger charge is -2.61. The van der Waals surface area contributed by atoms with Gasteiger partial charge in [0.1, 0.15) is 6.10 Å². The van der Waals surface area contributed by atoms with Crippen LogP contribution in [0.15, 0.2) is 0 Å². The van der Waals surface area contributed by atoms with Gasteiger partial charge in [0, 0.05) is 6.04 Å². The van der Waals surface area contributed by atoms with E-state index in [0.717, 1.165) is 62.7 Å². The topological polar surface area (TPSA) is 134 Å². The van der Waals surface area contributed by atoms with Gasteiger partial charge in [-0.2, -0.15) is 8.42 Å². The van der Waals surface area contributed by atoms with Crippen LogP contribution in [-0.2, 0) is 14.6 Å². The van der Waals surface area contributed by atoms with Crippen LogP contribution in [0.1, 0.15) is 118 Å². The van der Waals surface area contributed by atoms with Gasteiger partial charge in [0.15, 0.2) is 0 Å². The minimum atomic E-state index is -4.56. The molecular formula is C33H63N3O5S. The Hall–Kier alpha value is -0.290. The lowest BCUT2D eigenvalue weighted by Crippen LogP contribution is -2.55. The van der Waals surface area contributed by atoms with Crippen molar-refractivity contribution in [2.24, 2.45) is 52.1 Å². The maximum absolute atomic E-state index is 11.0. The zero-order valence-corrected chi connectivity index (χ0v) is 27.8. The summed E-state index contributed by atoms with van der Waals surface area (Å²) in [5.74, 6) is 4.50. The molecule has 0 bridgehead atoms. The smallest absolute Gasteiger partial charge is 0.390 e. The molecule has 246 valence electrons. The number of rotatable bonds is 16. The summed E-state index contributed by atoms with van der Waals surface area (Å²) in [7, 11) is -4.56. The van der Waals surface area contributed by atoms with Gasteiger partial charge in [-0.3, -0.25) is 4.55 Å². The van der Waals surface area contributed by atoms with E-state index in [0.29, 0.717) is 35.1 Å². The lowest BCUT2D eigenvalue weighted by atomic mass is 9.44. The third kappa shape index (κ3) is 8.10. The molecule has 4 fully saturated rings. The Balaban J connectivity index is 1.26. The van der Waals surface area contributed by atoms with Crippen molar-refractivity contribution in [2.75, 3.05) is 26.2 Å². The molecule has 42 heavy (non-hydrogen) atoms. The SMILES string of the molecule is CC(CCC(O)C(C)OS(=O)(=O)O)C1CCC2C3CC[C@H]4CC(NCCCNCCCCN)CCC4(C)C3CCC12C. The van der Waals surface area contributed by atoms with E-state index < -0.39 is 22.6 Å². The maximum atomic E-state index is 11.0. The van der Waals surface area contributed by atoms with E-state index in [9.17, 15) is 13.5 Å². The second-order valence-electron chi connectivity index (χ2n) is 15.3. The van der Waals surface area contributed by atoms with Crippen molar-refractivity contribution in [3.63, 3.8) is 0 Å². The van der Waals surface area contributed by atoms with Crippen LogP contribution in [-0.4, -0.2) is 62.5 Å². The van der Waals surface area contributed by atoms with E-state index >= 15 is 0 Å². The number of nitrogens with one attached hydrogen (secondary N) is 2. The summed E-state index contributed by atoms with van der Waals surface area (Å²) in [5, 5.41) is 17.9. The number of hydrogen-bond donors (Lipinski definition) is 5. The summed E-state index contributed by atoms with van der Waals surface area (Å²) in [5.41, 5.74) is 6.44. The molecule has 0 aliphatic heterocycles. The molecule has 8 nitrogen and oxygen atoms in total. The zero-order chi connectivity index (χ0) is 30.5. The molecule has 0 amide bonds. The molecule has 4 aliphatic rings. The normalized spacial score (nSPS) is 38.7. The third-order valence-corrected chi connectivity index (χ3v) is 13.5. The molecule has 4 rings (SSSR count). The summed E-state index contributed by atoms with van der Waals surface area (Å²) in [4.78, 5) is 0. The van der Waals surface area contributed by atoms with Gasteiger partial charge in [0.05, 0.1) is 6.10 Å². The van der Waals surface area contributed by atoms with Crippen LogP contribution in [0.25, 0.3) is 0 Å². The molecule has 11 atom stereocenters. The highest BCUT2D eigenvalue weighted by atomic mass is 32.3. The highest BCUT2D eigenvalue weighted by molar-refractivity contribution is 7.80. The van der Waals surface area contributed by atoms with Crippen LogP contribution < -0.4 is 16.4 Å². The van der Waals surface area contributed by atoms with Crippen LogP contribution in [0, 0.1) is 46.3 Å². The van der Waals surface area contributed by atoms with E-state index in [1.54, 1.807) is 0 Å². The van der Waals surface area contributed by atoms with E-state index in [1.165, 1.54) is 77.6 Å². The van der Waals surface area contributed by atoms with Gasteiger partial charge < -0.3 is 21.5 Å². The Morgan fingerprint density at radius 3 is 2.36 bits per heavy atom. The number of fused-ring (bicyclic) bond motifs is 5. The van der Waals surface area contributed by atoms with Crippen LogP contribution in [0.4, 0.5) is 0 Å². The molecule has 0 radical (unpaired) electrons. The summed E-state index contributed by atoms with van der Waals surface area (Å²) in [6.45, 7) is 13.2. The van der Waals surface area contributed by atoms with Gasteiger partial charge >= 0.3 is 10.4 Å². The fraction of sp³-hybridized carbons (Fsp3) is 1.00. The van der Waals surface area contributed by atoms with E-state index in [2.05, 4.69) is 35.6 Å². The third-order valence-electron chi connectivity index (χ3n) is 12.9. The van der Waals surface area contributed by atoms with Crippen LogP contribution in [0.5, 0.6) is 0 Å². The summed E-state index contributed by atoms with van der Waals surface area (Å²) >= 11 is 0. The van der Waals surface area contributed by atoms with Crippen molar-refractivity contribution >= 4 is 10.4 Å². The molecule has 0 aromatic carbocycles. The van der Waals surface area contributed by atoms with Crippen molar-refractivity contribution < 1.29 is 22.3 Å².